The van der Waals surface area contributed by atoms with Crippen molar-refractivity contribution >= 4 is 22.8 Å². The van der Waals surface area contributed by atoms with Crippen LogP contribution in [-0.4, -0.2) is 35.2 Å². The SMILES string of the molecule is CCC(CC(O)(/C=N/c1ccc(F)c2[nH]c(=O)ccc12)C(F)(F)F)c1cccc(F)c1OC. The molecule has 2 atom stereocenters. The Kier molecular flexibility index (Phi) is 6.87. The molecular formula is C23H21F5N2O3. The second kappa shape index (κ2) is 9.30. The first-order valence-corrected chi connectivity index (χ1v) is 9.99. The lowest BCUT2D eigenvalue weighted by atomic mass is 9.84. The second-order valence-corrected chi connectivity index (χ2v) is 7.53. The van der Waals surface area contributed by atoms with E-state index >= 15 is 0 Å². The van der Waals surface area contributed by atoms with E-state index in [4.69, 9.17) is 4.74 Å². The number of nitrogens with zero attached hydrogens (tertiary/aromatic N) is 1. The molecule has 10 heteroatoms. The molecule has 3 rings (SSSR count). The van der Waals surface area contributed by atoms with E-state index in [-0.39, 0.29) is 34.3 Å². The first-order chi connectivity index (χ1) is 15.5. The third-order valence-electron chi connectivity index (χ3n) is 5.42. The lowest BCUT2D eigenvalue weighted by Gasteiger charge is -2.31. The van der Waals surface area contributed by atoms with E-state index in [0.29, 0.717) is 6.21 Å². The molecule has 2 aromatic carbocycles. The summed E-state index contributed by atoms with van der Waals surface area (Å²) in [7, 11) is 1.20. The summed E-state index contributed by atoms with van der Waals surface area (Å²) in [6, 6.07) is 8.30. The van der Waals surface area contributed by atoms with Crippen molar-refractivity contribution in [1.82, 2.24) is 4.98 Å². The third-order valence-corrected chi connectivity index (χ3v) is 5.42. The molecular weight excluding hydrogens is 447 g/mol. The Morgan fingerprint density at radius 1 is 1.12 bits per heavy atom. The Bertz CT molecular complexity index is 1240. The third kappa shape index (κ3) is 4.90. The van der Waals surface area contributed by atoms with Crippen LogP contribution in [0.3, 0.4) is 0 Å². The summed E-state index contributed by atoms with van der Waals surface area (Å²) in [5.41, 5.74) is -4.09. The molecule has 1 aromatic heterocycles. The van der Waals surface area contributed by atoms with Gasteiger partial charge in [-0.3, -0.25) is 9.79 Å². The summed E-state index contributed by atoms with van der Waals surface area (Å²) in [5, 5.41) is 10.7. The lowest BCUT2D eigenvalue weighted by molar-refractivity contribution is -0.232. The molecule has 0 saturated carbocycles. The highest BCUT2D eigenvalue weighted by Crippen LogP contribution is 2.42. The molecule has 0 radical (unpaired) electrons. The van der Waals surface area contributed by atoms with Crippen LogP contribution < -0.4 is 10.3 Å². The van der Waals surface area contributed by atoms with Crippen LogP contribution in [0.4, 0.5) is 27.6 Å². The van der Waals surface area contributed by atoms with E-state index in [1.807, 2.05) is 0 Å². The minimum absolute atomic E-state index is 0.0641. The van der Waals surface area contributed by atoms with Crippen molar-refractivity contribution < 1.29 is 31.8 Å². The number of nitrogens with one attached hydrogen (secondary N) is 1. The Balaban J connectivity index is 2.05. The summed E-state index contributed by atoms with van der Waals surface area (Å²) >= 11 is 0. The number of benzene rings is 2. The largest absolute Gasteiger partial charge is 0.493 e. The number of alkyl halides is 3. The van der Waals surface area contributed by atoms with Crippen LogP contribution in [0.25, 0.3) is 10.9 Å². The topological polar surface area (TPSA) is 74.7 Å². The van der Waals surface area contributed by atoms with Crippen LogP contribution in [0.5, 0.6) is 5.75 Å². The van der Waals surface area contributed by atoms with E-state index in [2.05, 4.69) is 9.98 Å². The van der Waals surface area contributed by atoms with Crippen LogP contribution in [0.1, 0.15) is 31.2 Å². The first kappa shape index (κ1) is 24.4. The van der Waals surface area contributed by atoms with Gasteiger partial charge < -0.3 is 14.8 Å². The number of hydrogen-bond donors (Lipinski definition) is 2. The molecule has 0 aliphatic rings. The molecule has 176 valence electrons. The molecule has 0 aliphatic heterocycles. The predicted molar refractivity (Wildman–Crippen MR) is 114 cm³/mol. The lowest BCUT2D eigenvalue weighted by Crippen LogP contribution is -2.47. The smallest absolute Gasteiger partial charge is 0.422 e. The van der Waals surface area contributed by atoms with Gasteiger partial charge in [0.15, 0.2) is 17.2 Å². The molecule has 3 aromatic rings. The van der Waals surface area contributed by atoms with Gasteiger partial charge in [-0.25, -0.2) is 8.78 Å². The summed E-state index contributed by atoms with van der Waals surface area (Å²) in [4.78, 5) is 17.5. The van der Waals surface area contributed by atoms with Crippen LogP contribution in [0, 0.1) is 11.6 Å². The quantitative estimate of drug-likeness (QED) is 0.361. The maximum atomic E-state index is 14.1. The molecule has 5 nitrogen and oxygen atoms in total. The zero-order chi connectivity index (χ0) is 24.4. The fraction of sp³-hybridized carbons (Fsp3) is 0.304. The van der Waals surface area contributed by atoms with Gasteiger partial charge in [-0.2, -0.15) is 13.2 Å². The number of fused-ring (bicyclic) bond motifs is 1. The number of pyridine rings is 1. The highest BCUT2D eigenvalue weighted by Gasteiger charge is 2.53. The Morgan fingerprint density at radius 2 is 1.85 bits per heavy atom. The molecule has 0 aliphatic carbocycles. The normalized spacial score (nSPS) is 15.0. The fourth-order valence-electron chi connectivity index (χ4n) is 3.64. The van der Waals surface area contributed by atoms with E-state index in [9.17, 15) is 31.9 Å². The molecule has 0 spiro atoms. The van der Waals surface area contributed by atoms with Crippen LogP contribution in [-0.2, 0) is 0 Å². The van der Waals surface area contributed by atoms with Crippen molar-refractivity contribution in [3.63, 3.8) is 0 Å². The van der Waals surface area contributed by atoms with Gasteiger partial charge in [-0.1, -0.05) is 19.1 Å². The first-order valence-electron chi connectivity index (χ1n) is 9.99. The maximum Gasteiger partial charge on any atom is 0.422 e. The van der Waals surface area contributed by atoms with Crippen molar-refractivity contribution in [3.05, 3.63) is 70.0 Å². The van der Waals surface area contributed by atoms with Gasteiger partial charge in [0.25, 0.3) is 0 Å². The molecule has 2 unspecified atom stereocenters. The highest BCUT2D eigenvalue weighted by atomic mass is 19.4. The maximum absolute atomic E-state index is 14.1. The average Bonchev–Trinajstić information content (AvgIpc) is 2.76. The predicted octanol–water partition coefficient (Wildman–Crippen LogP) is 5.39. The molecule has 2 N–H and O–H groups in total. The van der Waals surface area contributed by atoms with Gasteiger partial charge in [0.2, 0.25) is 5.56 Å². The number of H-pyrrole nitrogens is 1. The van der Waals surface area contributed by atoms with Gasteiger partial charge in [0.05, 0.1) is 18.3 Å². The van der Waals surface area contributed by atoms with Crippen molar-refractivity contribution in [3.8, 4) is 5.75 Å². The number of aliphatic imine (C=N–C) groups is 1. The number of methoxy groups -OCH3 is 1. The van der Waals surface area contributed by atoms with Gasteiger partial charge in [0, 0.05) is 23.2 Å². The molecule has 1 heterocycles. The van der Waals surface area contributed by atoms with Crippen molar-refractivity contribution in [1.29, 1.82) is 0 Å². The summed E-state index contributed by atoms with van der Waals surface area (Å²) in [5.74, 6) is -2.63. The number of aromatic nitrogens is 1. The number of aromatic amines is 1. The highest BCUT2D eigenvalue weighted by molar-refractivity contribution is 5.92. The van der Waals surface area contributed by atoms with Crippen molar-refractivity contribution in [2.45, 2.75) is 37.5 Å². The fourth-order valence-corrected chi connectivity index (χ4v) is 3.64. The number of para-hydroxylation sites is 1. The zero-order valence-electron chi connectivity index (χ0n) is 17.7. The molecule has 0 fully saturated rings. The van der Waals surface area contributed by atoms with Crippen LogP contribution >= 0.6 is 0 Å². The monoisotopic (exact) mass is 468 g/mol. The minimum Gasteiger partial charge on any atom is -0.493 e. The van der Waals surface area contributed by atoms with Crippen molar-refractivity contribution in [2.24, 2.45) is 4.99 Å². The number of halogens is 5. The van der Waals surface area contributed by atoms with E-state index < -0.39 is 41.3 Å². The Hall–Kier alpha value is -3.27. The van der Waals surface area contributed by atoms with E-state index in [1.165, 1.54) is 25.3 Å². The minimum atomic E-state index is -5.12. The molecule has 0 bridgehead atoms. The Labute approximate surface area is 185 Å². The van der Waals surface area contributed by atoms with Gasteiger partial charge in [-0.05, 0) is 43.0 Å². The summed E-state index contributed by atoms with van der Waals surface area (Å²) < 4.78 is 75.0. The summed E-state index contributed by atoms with van der Waals surface area (Å²) in [6.07, 6.45) is -5.48. The van der Waals surface area contributed by atoms with E-state index in [1.54, 1.807) is 6.92 Å². The number of ether oxygens (including phenoxy) is 1. The second-order valence-electron chi connectivity index (χ2n) is 7.53. The molecule has 0 amide bonds. The van der Waals surface area contributed by atoms with E-state index in [0.717, 1.165) is 24.3 Å². The summed E-state index contributed by atoms with van der Waals surface area (Å²) in [6.45, 7) is 1.60. The number of aliphatic hydroxyl groups is 1. The number of rotatable bonds is 7. The molecule has 33 heavy (non-hydrogen) atoms. The molecule has 0 saturated heterocycles. The van der Waals surface area contributed by atoms with Crippen LogP contribution in [0.15, 0.2) is 52.3 Å². The zero-order valence-corrected chi connectivity index (χ0v) is 17.7. The Morgan fingerprint density at radius 3 is 2.48 bits per heavy atom. The number of hydrogen-bond acceptors (Lipinski definition) is 4. The van der Waals surface area contributed by atoms with Crippen LogP contribution in [0.2, 0.25) is 0 Å². The average molecular weight is 468 g/mol. The van der Waals surface area contributed by atoms with Gasteiger partial charge in [0.1, 0.15) is 5.82 Å². The van der Waals surface area contributed by atoms with Gasteiger partial charge in [-0.15, -0.1) is 0 Å². The standard InChI is InChI=1S/C23H21F5N2O3/c1-3-13(14-5-4-6-17(25)21(14)33-2)11-22(32,23(26,27)28)12-29-18-9-8-16(24)20-15(18)7-10-19(31)30-20/h4-10,12-13,32H,3,11H2,1-2H3,(H,30,31)/b29-12+. The van der Waals surface area contributed by atoms with Gasteiger partial charge >= 0.3 is 6.18 Å². The van der Waals surface area contributed by atoms with Crippen molar-refractivity contribution in [2.75, 3.05) is 7.11 Å².